The average Bonchev–Trinajstić information content (AvgIpc) is 2.50. The van der Waals surface area contributed by atoms with Crippen molar-refractivity contribution < 1.29 is 35.1 Å². The van der Waals surface area contributed by atoms with E-state index in [-0.39, 0.29) is 11.3 Å². The highest BCUT2D eigenvalue weighted by atomic mass is 16.7. The highest BCUT2D eigenvalue weighted by Crippen LogP contribution is 2.47. The zero-order valence-electron chi connectivity index (χ0n) is 11.1. The van der Waals surface area contributed by atoms with Crippen LogP contribution in [0.25, 0.3) is 0 Å². The van der Waals surface area contributed by atoms with Crippen molar-refractivity contribution in [2.24, 2.45) is 0 Å². The van der Waals surface area contributed by atoms with E-state index in [4.69, 9.17) is 4.74 Å². The zero-order valence-corrected chi connectivity index (χ0v) is 11.1. The Morgan fingerprint density at radius 1 is 0.909 bits per heavy atom. The molecule has 0 amide bonds. The molecule has 0 spiro atoms. The van der Waals surface area contributed by atoms with Crippen LogP contribution in [0.1, 0.15) is 15.9 Å². The first-order valence-electron chi connectivity index (χ1n) is 6.30. The van der Waals surface area contributed by atoms with Crippen LogP contribution in [-0.4, -0.2) is 37.1 Å². The molecule has 2 aromatic carbocycles. The number of rotatable bonds is 1. The molecule has 0 saturated heterocycles. The van der Waals surface area contributed by atoms with Crippen molar-refractivity contribution in [3.05, 3.63) is 53.6 Å². The minimum absolute atomic E-state index is 0.0634. The van der Waals surface area contributed by atoms with Crippen molar-refractivity contribution in [1.29, 1.82) is 0 Å². The van der Waals surface area contributed by atoms with Crippen molar-refractivity contribution in [3.8, 4) is 17.2 Å². The summed E-state index contributed by atoms with van der Waals surface area (Å²) in [5.41, 5.74) is -0.683. The Morgan fingerprint density at radius 3 is 2.18 bits per heavy atom. The fourth-order valence-corrected chi connectivity index (χ4v) is 2.35. The smallest absolute Gasteiger partial charge is 0.301 e. The van der Waals surface area contributed by atoms with Crippen molar-refractivity contribution in [3.63, 3.8) is 0 Å². The van der Waals surface area contributed by atoms with Crippen LogP contribution >= 0.6 is 0 Å². The molecular weight excluding hydrogens is 292 g/mol. The van der Waals surface area contributed by atoms with Crippen molar-refractivity contribution >= 4 is 5.78 Å². The molecule has 0 saturated carbocycles. The van der Waals surface area contributed by atoms with Crippen LogP contribution < -0.4 is 4.74 Å². The summed E-state index contributed by atoms with van der Waals surface area (Å²) in [4.78, 5) is 12.3. The van der Waals surface area contributed by atoms with Gasteiger partial charge in [-0.05, 0) is 12.1 Å². The number of carbonyl (C=O) groups excluding carboxylic acids is 1. The normalized spacial score (nSPS) is 22.8. The molecule has 1 aliphatic rings. The number of phenolic OH excluding ortho intramolecular Hbond substituents is 2. The van der Waals surface area contributed by atoms with Gasteiger partial charge in [-0.2, -0.15) is 0 Å². The Balaban J connectivity index is 2.25. The molecular formula is C15H12O7. The van der Waals surface area contributed by atoms with E-state index in [0.29, 0.717) is 0 Å². The van der Waals surface area contributed by atoms with Crippen LogP contribution in [0.15, 0.2) is 42.5 Å². The Morgan fingerprint density at radius 2 is 1.55 bits per heavy atom. The van der Waals surface area contributed by atoms with E-state index in [0.717, 1.165) is 12.1 Å². The molecule has 1 heterocycles. The number of hydrogen-bond acceptors (Lipinski definition) is 7. The molecule has 0 radical (unpaired) electrons. The molecule has 0 fully saturated rings. The van der Waals surface area contributed by atoms with E-state index < -0.39 is 34.4 Å². The number of carbonyl (C=O) groups is 1. The second kappa shape index (κ2) is 4.44. The average molecular weight is 304 g/mol. The molecule has 0 bridgehead atoms. The molecule has 7 nitrogen and oxygen atoms in total. The molecule has 1 aliphatic heterocycles. The van der Waals surface area contributed by atoms with E-state index >= 15 is 0 Å². The van der Waals surface area contributed by atoms with Gasteiger partial charge >= 0.3 is 5.79 Å². The molecule has 0 aliphatic carbocycles. The molecule has 7 heteroatoms. The van der Waals surface area contributed by atoms with E-state index in [1.54, 1.807) is 6.07 Å². The Hall–Kier alpha value is -2.61. The lowest BCUT2D eigenvalue weighted by molar-refractivity contribution is -0.328. The zero-order chi connectivity index (χ0) is 16.1. The van der Waals surface area contributed by atoms with Gasteiger partial charge in [0.25, 0.3) is 5.79 Å². The molecule has 1 unspecified atom stereocenters. The van der Waals surface area contributed by atoms with E-state index in [1.165, 1.54) is 24.3 Å². The van der Waals surface area contributed by atoms with E-state index in [2.05, 4.69) is 0 Å². The Labute approximate surface area is 124 Å². The van der Waals surface area contributed by atoms with Gasteiger partial charge in [0.05, 0.1) is 0 Å². The third kappa shape index (κ3) is 1.70. The SMILES string of the molecule is O=C1c2c(ccc(O)c2O)OC(O)(c2ccccc2)C1(O)O. The first-order chi connectivity index (χ1) is 10.3. The lowest BCUT2D eigenvalue weighted by Gasteiger charge is -2.42. The van der Waals surface area contributed by atoms with Crippen LogP contribution in [0, 0.1) is 0 Å². The number of Topliss-reactive ketones (excluding diaryl/α,β-unsaturated/α-hetero) is 1. The first kappa shape index (κ1) is 14.3. The summed E-state index contributed by atoms with van der Waals surface area (Å²) in [5, 5.41) is 50.0. The lowest BCUT2D eigenvalue weighted by Crippen LogP contribution is -2.62. The highest BCUT2D eigenvalue weighted by molar-refractivity contribution is 6.07. The summed E-state index contributed by atoms with van der Waals surface area (Å²) in [5.74, 6) is -9.28. The fraction of sp³-hybridized carbons (Fsp3) is 0.133. The van der Waals surface area contributed by atoms with Crippen LogP contribution in [0.3, 0.4) is 0 Å². The quantitative estimate of drug-likeness (QED) is 0.376. The van der Waals surface area contributed by atoms with E-state index in [1.807, 2.05) is 0 Å². The minimum Gasteiger partial charge on any atom is -0.504 e. The molecule has 3 rings (SSSR count). The molecule has 22 heavy (non-hydrogen) atoms. The summed E-state index contributed by atoms with van der Waals surface area (Å²) in [6.07, 6.45) is 0. The summed E-state index contributed by atoms with van der Waals surface area (Å²) < 4.78 is 5.19. The van der Waals surface area contributed by atoms with Gasteiger partial charge in [0.15, 0.2) is 11.5 Å². The monoisotopic (exact) mass is 304 g/mol. The Kier molecular flexibility index (Phi) is 2.89. The summed E-state index contributed by atoms with van der Waals surface area (Å²) in [6.45, 7) is 0. The van der Waals surface area contributed by atoms with Gasteiger partial charge in [-0.15, -0.1) is 0 Å². The lowest BCUT2D eigenvalue weighted by atomic mass is 9.86. The van der Waals surface area contributed by atoms with Crippen molar-refractivity contribution in [2.45, 2.75) is 11.6 Å². The van der Waals surface area contributed by atoms with Gasteiger partial charge in [0, 0.05) is 5.56 Å². The number of aromatic hydroxyl groups is 2. The first-order valence-corrected chi connectivity index (χ1v) is 6.30. The second-order valence-corrected chi connectivity index (χ2v) is 4.92. The van der Waals surface area contributed by atoms with E-state index in [9.17, 15) is 30.3 Å². The molecule has 1 atom stereocenters. The van der Waals surface area contributed by atoms with Crippen molar-refractivity contribution in [2.75, 3.05) is 0 Å². The number of fused-ring (bicyclic) bond motifs is 1. The van der Waals surface area contributed by atoms with Crippen LogP contribution in [0.4, 0.5) is 0 Å². The largest absolute Gasteiger partial charge is 0.504 e. The fourth-order valence-electron chi connectivity index (χ4n) is 2.35. The topological polar surface area (TPSA) is 127 Å². The van der Waals surface area contributed by atoms with Crippen LogP contribution in [-0.2, 0) is 5.79 Å². The van der Waals surface area contributed by atoms with Gasteiger partial charge < -0.3 is 30.3 Å². The van der Waals surface area contributed by atoms with Gasteiger partial charge in [0.1, 0.15) is 11.3 Å². The van der Waals surface area contributed by atoms with Gasteiger partial charge in [0.2, 0.25) is 5.78 Å². The highest BCUT2D eigenvalue weighted by Gasteiger charge is 2.62. The summed E-state index contributed by atoms with van der Waals surface area (Å²) in [7, 11) is 0. The third-order valence-corrected chi connectivity index (χ3v) is 3.56. The maximum atomic E-state index is 12.3. The molecule has 2 aromatic rings. The number of ketones is 1. The van der Waals surface area contributed by atoms with Crippen molar-refractivity contribution in [1.82, 2.24) is 0 Å². The third-order valence-electron chi connectivity index (χ3n) is 3.56. The minimum atomic E-state index is -3.35. The maximum Gasteiger partial charge on any atom is 0.301 e. The van der Waals surface area contributed by atoms with Gasteiger partial charge in [-0.3, -0.25) is 4.79 Å². The number of benzene rings is 2. The number of hydrogen-bond donors (Lipinski definition) is 5. The van der Waals surface area contributed by atoms with Crippen LogP contribution in [0.5, 0.6) is 17.2 Å². The number of ether oxygens (including phenoxy) is 1. The predicted molar refractivity (Wildman–Crippen MR) is 72.2 cm³/mol. The summed E-state index contributed by atoms with van der Waals surface area (Å²) in [6, 6.07) is 9.54. The standard InChI is InChI=1S/C15H12O7/c16-9-6-7-10-11(12(9)17)13(18)14(19,20)15(21,22-10)8-4-2-1-3-5-8/h1-7,16-17,19-21H. The van der Waals surface area contributed by atoms with Crippen LogP contribution in [0.2, 0.25) is 0 Å². The maximum absolute atomic E-state index is 12.3. The molecule has 5 N–H and O–H groups in total. The predicted octanol–water partition coefficient (Wildman–Crippen LogP) is 0.199. The number of phenols is 2. The second-order valence-electron chi connectivity index (χ2n) is 4.92. The molecule has 0 aromatic heterocycles. The molecule has 114 valence electrons. The summed E-state index contributed by atoms with van der Waals surface area (Å²) >= 11 is 0. The number of aliphatic hydroxyl groups is 3. The Bertz CT molecular complexity index is 754. The van der Waals surface area contributed by atoms with Gasteiger partial charge in [-0.1, -0.05) is 30.3 Å². The van der Waals surface area contributed by atoms with Gasteiger partial charge in [-0.25, -0.2) is 0 Å².